The van der Waals surface area contributed by atoms with E-state index >= 15 is 0 Å². The first-order chi connectivity index (χ1) is 14.6. The van der Waals surface area contributed by atoms with Gasteiger partial charge in [0.15, 0.2) is 5.82 Å². The van der Waals surface area contributed by atoms with Gasteiger partial charge in [0.05, 0.1) is 30.1 Å². The number of carbonyl (C=O) groups is 2. The van der Waals surface area contributed by atoms with Gasteiger partial charge in [0.1, 0.15) is 5.75 Å². The fourth-order valence-electron chi connectivity index (χ4n) is 5.19. The van der Waals surface area contributed by atoms with Crippen molar-refractivity contribution in [2.75, 3.05) is 12.0 Å². The number of methoxy groups -OCH3 is 1. The summed E-state index contributed by atoms with van der Waals surface area (Å²) >= 11 is 0. The minimum atomic E-state index is -0.187. The summed E-state index contributed by atoms with van der Waals surface area (Å²) in [5, 5.41) is 0.901. The third-order valence-electron chi connectivity index (χ3n) is 6.64. The summed E-state index contributed by atoms with van der Waals surface area (Å²) in [6.07, 6.45) is 6.92. The molecule has 2 fully saturated rings. The Morgan fingerprint density at radius 2 is 1.67 bits per heavy atom. The molecule has 2 bridgehead atoms. The van der Waals surface area contributed by atoms with E-state index in [0.717, 1.165) is 28.6 Å². The summed E-state index contributed by atoms with van der Waals surface area (Å²) < 4.78 is 5.24. The fourth-order valence-corrected chi connectivity index (χ4v) is 5.19. The summed E-state index contributed by atoms with van der Waals surface area (Å²) in [7, 11) is 1.63. The molecule has 2 aliphatic carbocycles. The number of carbonyl (C=O) groups excluding carboxylic acids is 2. The van der Waals surface area contributed by atoms with Crippen molar-refractivity contribution in [2.45, 2.75) is 6.42 Å². The first-order valence-corrected chi connectivity index (χ1v) is 10.1. The molecule has 2 amide bonds. The molecule has 3 aromatic rings. The molecule has 6 nitrogen and oxygen atoms in total. The second-order valence-corrected chi connectivity index (χ2v) is 8.18. The van der Waals surface area contributed by atoms with Crippen LogP contribution < -0.4 is 9.64 Å². The zero-order valence-electron chi connectivity index (χ0n) is 16.4. The van der Waals surface area contributed by atoms with E-state index in [2.05, 4.69) is 22.1 Å². The van der Waals surface area contributed by atoms with Gasteiger partial charge in [-0.25, -0.2) is 9.97 Å². The average Bonchev–Trinajstić information content (AvgIpc) is 3.47. The Labute approximate surface area is 173 Å². The highest BCUT2D eigenvalue weighted by Gasteiger charge is 2.59. The number of aromatic nitrogens is 2. The molecular weight excluding hydrogens is 378 g/mol. The van der Waals surface area contributed by atoms with Gasteiger partial charge in [-0.1, -0.05) is 12.2 Å². The molecule has 1 unspecified atom stereocenters. The van der Waals surface area contributed by atoms with Crippen molar-refractivity contribution >= 4 is 28.4 Å². The number of nitrogens with zero attached hydrogens (tertiary/aromatic N) is 3. The highest BCUT2D eigenvalue weighted by Crippen LogP contribution is 2.53. The SMILES string of the molecule is COc1ccc2nc(-c3ccc(N4C(=O)[C@@H]5[C@H]6C=CC(C6)[C@@H]5C4=O)cc3)ncc2c1. The average molecular weight is 397 g/mol. The van der Waals surface area contributed by atoms with Crippen LogP contribution in [0.3, 0.4) is 0 Å². The molecule has 148 valence electrons. The molecular formula is C24H19N3O3. The molecule has 30 heavy (non-hydrogen) atoms. The third-order valence-corrected chi connectivity index (χ3v) is 6.64. The quantitative estimate of drug-likeness (QED) is 0.499. The van der Waals surface area contributed by atoms with Crippen molar-refractivity contribution in [3.8, 4) is 17.1 Å². The highest BCUT2D eigenvalue weighted by molar-refractivity contribution is 6.22. The van der Waals surface area contributed by atoms with E-state index in [-0.39, 0.29) is 35.5 Å². The Morgan fingerprint density at radius 3 is 2.33 bits per heavy atom. The molecule has 2 aromatic carbocycles. The Kier molecular flexibility index (Phi) is 3.60. The van der Waals surface area contributed by atoms with E-state index in [9.17, 15) is 9.59 Å². The molecule has 3 aliphatic rings. The highest BCUT2D eigenvalue weighted by atomic mass is 16.5. The van der Waals surface area contributed by atoms with Crippen molar-refractivity contribution in [3.63, 3.8) is 0 Å². The zero-order valence-corrected chi connectivity index (χ0v) is 16.4. The lowest BCUT2D eigenvalue weighted by Gasteiger charge is -2.17. The monoisotopic (exact) mass is 397 g/mol. The van der Waals surface area contributed by atoms with Gasteiger partial charge >= 0.3 is 0 Å². The van der Waals surface area contributed by atoms with E-state index in [1.54, 1.807) is 13.3 Å². The van der Waals surface area contributed by atoms with Gasteiger partial charge in [-0.2, -0.15) is 0 Å². The first kappa shape index (κ1) is 17.3. The Bertz CT molecular complexity index is 1200. The van der Waals surface area contributed by atoms with E-state index in [4.69, 9.17) is 4.74 Å². The normalized spacial score (nSPS) is 26.6. The maximum Gasteiger partial charge on any atom is 0.238 e. The number of benzene rings is 2. The lowest BCUT2D eigenvalue weighted by molar-refractivity contribution is -0.123. The predicted molar refractivity (Wildman–Crippen MR) is 112 cm³/mol. The number of hydrogen-bond donors (Lipinski definition) is 0. The van der Waals surface area contributed by atoms with Gasteiger partial charge in [-0.15, -0.1) is 0 Å². The molecule has 1 saturated heterocycles. The van der Waals surface area contributed by atoms with Gasteiger partial charge < -0.3 is 4.74 Å². The maximum absolute atomic E-state index is 13.0. The largest absolute Gasteiger partial charge is 0.497 e. The number of anilines is 1. The first-order valence-electron chi connectivity index (χ1n) is 10.1. The van der Waals surface area contributed by atoms with Gasteiger partial charge in [0.25, 0.3) is 0 Å². The number of allylic oxidation sites excluding steroid dienone is 2. The van der Waals surface area contributed by atoms with Crippen LogP contribution in [0.25, 0.3) is 22.3 Å². The number of imide groups is 1. The van der Waals surface area contributed by atoms with Crippen LogP contribution in [0, 0.1) is 23.7 Å². The summed E-state index contributed by atoms with van der Waals surface area (Å²) in [6.45, 7) is 0. The molecule has 0 spiro atoms. The number of amides is 2. The van der Waals surface area contributed by atoms with E-state index < -0.39 is 0 Å². The number of fused-ring (bicyclic) bond motifs is 6. The van der Waals surface area contributed by atoms with Crippen LogP contribution in [0.5, 0.6) is 5.75 Å². The number of ether oxygens (including phenoxy) is 1. The molecule has 4 atom stereocenters. The Balaban J connectivity index is 1.30. The van der Waals surface area contributed by atoms with Crippen LogP contribution in [-0.4, -0.2) is 28.9 Å². The van der Waals surface area contributed by atoms with Gasteiger partial charge in [0.2, 0.25) is 11.8 Å². The molecule has 6 rings (SSSR count). The second-order valence-electron chi connectivity index (χ2n) is 8.18. The van der Waals surface area contributed by atoms with Gasteiger partial charge in [-0.05, 0) is 60.7 Å². The molecule has 2 heterocycles. The standard InChI is InChI=1S/C24H19N3O3/c1-30-18-8-9-19-16(11-18)12-25-22(26-19)13-4-6-17(7-5-13)27-23(28)20-14-2-3-15(10-14)21(20)24(27)29/h2-9,11-12,14-15,20-21H,10H2,1H3/t14-,15?,20+,21-/m0/s1. The van der Waals surface area contributed by atoms with Crippen molar-refractivity contribution in [1.29, 1.82) is 0 Å². The minimum Gasteiger partial charge on any atom is -0.497 e. The topological polar surface area (TPSA) is 72.4 Å². The van der Waals surface area contributed by atoms with Crippen LogP contribution in [-0.2, 0) is 9.59 Å². The Hall–Kier alpha value is -3.54. The van der Waals surface area contributed by atoms with E-state index in [1.165, 1.54) is 4.90 Å². The van der Waals surface area contributed by atoms with Crippen LogP contribution in [0.2, 0.25) is 0 Å². The minimum absolute atomic E-state index is 0.0643. The van der Waals surface area contributed by atoms with Crippen molar-refractivity contribution in [3.05, 3.63) is 60.8 Å². The molecule has 1 saturated carbocycles. The van der Waals surface area contributed by atoms with Crippen molar-refractivity contribution in [2.24, 2.45) is 23.7 Å². The van der Waals surface area contributed by atoms with Gasteiger partial charge in [0, 0.05) is 17.1 Å². The summed E-state index contributed by atoms with van der Waals surface area (Å²) in [5.74, 6) is 1.28. The molecule has 0 N–H and O–H groups in total. The third kappa shape index (κ3) is 2.36. The maximum atomic E-state index is 13.0. The predicted octanol–water partition coefficient (Wildman–Crippen LogP) is 3.62. The van der Waals surface area contributed by atoms with Gasteiger partial charge in [-0.3, -0.25) is 14.5 Å². The van der Waals surface area contributed by atoms with E-state index in [1.807, 2.05) is 42.5 Å². The fraction of sp³-hybridized carbons (Fsp3) is 0.250. The van der Waals surface area contributed by atoms with Crippen molar-refractivity contribution < 1.29 is 14.3 Å². The summed E-state index contributed by atoms with van der Waals surface area (Å²) in [5.41, 5.74) is 2.27. The summed E-state index contributed by atoms with van der Waals surface area (Å²) in [6, 6.07) is 13.0. The van der Waals surface area contributed by atoms with Crippen molar-refractivity contribution in [1.82, 2.24) is 9.97 Å². The van der Waals surface area contributed by atoms with Crippen LogP contribution in [0.1, 0.15) is 6.42 Å². The second kappa shape index (κ2) is 6.23. The lowest BCUT2D eigenvalue weighted by Crippen LogP contribution is -2.32. The van der Waals surface area contributed by atoms with Crippen LogP contribution >= 0.6 is 0 Å². The molecule has 0 radical (unpaired) electrons. The molecule has 1 aliphatic heterocycles. The Morgan fingerprint density at radius 1 is 0.967 bits per heavy atom. The number of hydrogen-bond acceptors (Lipinski definition) is 5. The number of rotatable bonds is 3. The molecule has 6 heteroatoms. The van der Waals surface area contributed by atoms with E-state index in [0.29, 0.717) is 11.5 Å². The summed E-state index contributed by atoms with van der Waals surface area (Å²) in [4.78, 5) is 36.4. The molecule has 1 aromatic heterocycles. The lowest BCUT2D eigenvalue weighted by atomic mass is 9.85. The smallest absolute Gasteiger partial charge is 0.238 e. The zero-order chi connectivity index (χ0) is 20.4. The van der Waals surface area contributed by atoms with Crippen LogP contribution in [0.4, 0.5) is 5.69 Å². The van der Waals surface area contributed by atoms with Crippen LogP contribution in [0.15, 0.2) is 60.8 Å².